The quantitative estimate of drug-likeness (QED) is 0.441. The van der Waals surface area contributed by atoms with Crippen molar-refractivity contribution in [3.8, 4) is 5.88 Å². The van der Waals surface area contributed by atoms with Crippen LogP contribution in [0, 0.1) is 0 Å². The van der Waals surface area contributed by atoms with Gasteiger partial charge in [-0.1, -0.05) is 6.92 Å². The Kier molecular flexibility index (Phi) is 7.26. The van der Waals surface area contributed by atoms with E-state index in [1.807, 2.05) is 11.8 Å². The molecule has 2 N–H and O–H groups in total. The van der Waals surface area contributed by atoms with Crippen molar-refractivity contribution in [2.45, 2.75) is 32.0 Å². The number of guanidine groups is 1. The third kappa shape index (κ3) is 6.30. The molecule has 0 bridgehead atoms. The van der Waals surface area contributed by atoms with Crippen molar-refractivity contribution >= 4 is 11.9 Å². The molecule has 27 heavy (non-hydrogen) atoms. The first-order valence-electron chi connectivity index (χ1n) is 8.74. The summed E-state index contributed by atoms with van der Waals surface area (Å²) >= 11 is 0. The summed E-state index contributed by atoms with van der Waals surface area (Å²) in [6, 6.07) is 2.25. The van der Waals surface area contributed by atoms with Crippen LogP contribution in [0.15, 0.2) is 23.3 Å². The number of aromatic nitrogens is 1. The van der Waals surface area contributed by atoms with E-state index < -0.39 is 11.7 Å². The number of hydrogen-bond donors (Lipinski definition) is 2. The summed E-state index contributed by atoms with van der Waals surface area (Å²) < 4.78 is 42.8. The van der Waals surface area contributed by atoms with Gasteiger partial charge in [0, 0.05) is 44.9 Å². The van der Waals surface area contributed by atoms with Crippen molar-refractivity contribution in [1.82, 2.24) is 20.5 Å². The zero-order valence-electron chi connectivity index (χ0n) is 15.3. The van der Waals surface area contributed by atoms with Gasteiger partial charge in [-0.2, -0.15) is 13.2 Å². The highest BCUT2D eigenvalue weighted by atomic mass is 19.4. The maximum absolute atomic E-state index is 12.5. The molecule has 150 valence electrons. The molecule has 1 saturated heterocycles. The number of ether oxygens (including phenoxy) is 1. The normalized spacial score (nSPS) is 17.7. The lowest BCUT2D eigenvalue weighted by atomic mass is 10.3. The highest BCUT2D eigenvalue weighted by Crippen LogP contribution is 2.29. The fourth-order valence-electron chi connectivity index (χ4n) is 2.67. The van der Waals surface area contributed by atoms with Gasteiger partial charge >= 0.3 is 6.18 Å². The number of carbonyl (C=O) groups excluding carboxylic acids is 1. The Bertz CT molecular complexity index is 649. The van der Waals surface area contributed by atoms with Crippen LogP contribution in [-0.2, 0) is 11.0 Å². The number of likely N-dealkylation sites (tertiary alicyclic amines) is 1. The van der Waals surface area contributed by atoms with Crippen LogP contribution in [0.25, 0.3) is 0 Å². The first kappa shape index (κ1) is 20.8. The lowest BCUT2D eigenvalue weighted by molar-refractivity contribution is -0.137. The minimum absolute atomic E-state index is 0.122. The number of aliphatic imine (C=N–C) groups is 1. The summed E-state index contributed by atoms with van der Waals surface area (Å²) in [7, 11) is 1.64. The number of amides is 1. The molecule has 2 heterocycles. The van der Waals surface area contributed by atoms with Gasteiger partial charge in [0.05, 0.1) is 12.1 Å². The molecule has 1 unspecified atom stereocenters. The van der Waals surface area contributed by atoms with Crippen molar-refractivity contribution in [3.05, 3.63) is 23.9 Å². The van der Waals surface area contributed by atoms with E-state index in [1.165, 1.54) is 6.07 Å². The standard InChI is InChI=1S/C17H24F3N5O2/c1-3-15(26)25-8-6-13(11-25)24-16(21-2)22-7-9-27-14-5-4-12(10-23-14)17(18,19)20/h4-5,10,13H,3,6-9,11H2,1-2H3,(H2,21,22,24). The fraction of sp³-hybridized carbons (Fsp3) is 0.588. The number of halogens is 3. The number of nitrogens with one attached hydrogen (secondary N) is 2. The van der Waals surface area contributed by atoms with Crippen LogP contribution in [0.5, 0.6) is 5.88 Å². The fourth-order valence-corrected chi connectivity index (χ4v) is 2.67. The molecule has 1 aliphatic heterocycles. The van der Waals surface area contributed by atoms with Crippen LogP contribution < -0.4 is 15.4 Å². The summed E-state index contributed by atoms with van der Waals surface area (Å²) in [6.45, 7) is 3.81. The Hall–Kier alpha value is -2.52. The summed E-state index contributed by atoms with van der Waals surface area (Å²) in [6.07, 6.45) is -2.33. The summed E-state index contributed by atoms with van der Waals surface area (Å²) in [4.78, 5) is 21.3. The van der Waals surface area contributed by atoms with Crippen molar-refractivity contribution in [2.75, 3.05) is 33.3 Å². The molecule has 7 nitrogen and oxygen atoms in total. The third-order valence-corrected chi connectivity index (χ3v) is 4.12. The molecular formula is C17H24F3N5O2. The second-order valence-corrected chi connectivity index (χ2v) is 6.05. The molecule has 1 fully saturated rings. The Balaban J connectivity index is 1.70. The first-order chi connectivity index (χ1) is 12.8. The molecule has 0 aliphatic carbocycles. The second kappa shape index (κ2) is 9.43. The van der Waals surface area contributed by atoms with Gasteiger partial charge in [-0.3, -0.25) is 9.79 Å². The van der Waals surface area contributed by atoms with Crippen LogP contribution in [0.3, 0.4) is 0 Å². The zero-order chi connectivity index (χ0) is 19.9. The smallest absolute Gasteiger partial charge is 0.417 e. The first-order valence-corrected chi connectivity index (χ1v) is 8.74. The topological polar surface area (TPSA) is 78.9 Å². The van der Waals surface area contributed by atoms with Gasteiger partial charge in [0.25, 0.3) is 0 Å². The minimum Gasteiger partial charge on any atom is -0.476 e. The predicted octanol–water partition coefficient (Wildman–Crippen LogP) is 1.66. The van der Waals surface area contributed by atoms with E-state index in [-0.39, 0.29) is 24.4 Å². The van der Waals surface area contributed by atoms with E-state index in [0.717, 1.165) is 25.2 Å². The highest BCUT2D eigenvalue weighted by molar-refractivity contribution is 5.80. The van der Waals surface area contributed by atoms with Crippen molar-refractivity contribution in [2.24, 2.45) is 4.99 Å². The number of pyridine rings is 1. The van der Waals surface area contributed by atoms with Gasteiger partial charge in [-0.25, -0.2) is 4.98 Å². The van der Waals surface area contributed by atoms with E-state index in [4.69, 9.17) is 4.74 Å². The lowest BCUT2D eigenvalue weighted by Crippen LogP contribution is -2.46. The van der Waals surface area contributed by atoms with Crippen molar-refractivity contribution in [1.29, 1.82) is 0 Å². The van der Waals surface area contributed by atoms with Gasteiger partial charge < -0.3 is 20.3 Å². The maximum atomic E-state index is 12.5. The highest BCUT2D eigenvalue weighted by Gasteiger charge is 2.30. The molecule has 1 aromatic rings. The number of carbonyl (C=O) groups is 1. The summed E-state index contributed by atoms with van der Waals surface area (Å²) in [5.74, 6) is 0.840. The second-order valence-electron chi connectivity index (χ2n) is 6.05. The van der Waals surface area contributed by atoms with Crippen LogP contribution in [0.4, 0.5) is 13.2 Å². The Morgan fingerprint density at radius 1 is 1.44 bits per heavy atom. The summed E-state index contributed by atoms with van der Waals surface area (Å²) in [5, 5.41) is 6.31. The molecule has 1 amide bonds. The monoisotopic (exact) mass is 387 g/mol. The SMILES string of the molecule is CCC(=O)N1CCC(NC(=NC)NCCOc2ccc(C(F)(F)F)cn2)C1. The maximum Gasteiger partial charge on any atom is 0.417 e. The molecular weight excluding hydrogens is 363 g/mol. The van der Waals surface area contributed by atoms with Crippen LogP contribution in [0.1, 0.15) is 25.3 Å². The number of rotatable bonds is 6. The predicted molar refractivity (Wildman–Crippen MR) is 94.5 cm³/mol. The molecule has 2 rings (SSSR count). The van der Waals surface area contributed by atoms with E-state index in [9.17, 15) is 18.0 Å². The average Bonchev–Trinajstić information content (AvgIpc) is 3.11. The van der Waals surface area contributed by atoms with Crippen molar-refractivity contribution < 1.29 is 22.7 Å². The minimum atomic E-state index is -4.41. The number of hydrogen-bond acceptors (Lipinski definition) is 4. The summed E-state index contributed by atoms with van der Waals surface area (Å²) in [5.41, 5.74) is -0.815. The van der Waals surface area contributed by atoms with E-state index in [1.54, 1.807) is 7.05 Å². The molecule has 0 saturated carbocycles. The van der Waals surface area contributed by atoms with Crippen molar-refractivity contribution in [3.63, 3.8) is 0 Å². The molecule has 0 aromatic carbocycles. The Labute approximate surface area is 156 Å². The van der Waals surface area contributed by atoms with Crippen LogP contribution in [-0.4, -0.2) is 61.1 Å². The molecule has 1 atom stereocenters. The van der Waals surface area contributed by atoms with Gasteiger partial charge in [0.15, 0.2) is 5.96 Å². The van der Waals surface area contributed by atoms with E-state index in [0.29, 0.717) is 25.5 Å². The number of nitrogens with zero attached hydrogens (tertiary/aromatic N) is 3. The van der Waals surface area contributed by atoms with Crippen LogP contribution in [0.2, 0.25) is 0 Å². The van der Waals surface area contributed by atoms with Gasteiger partial charge in [-0.05, 0) is 12.5 Å². The number of alkyl halides is 3. The van der Waals surface area contributed by atoms with Gasteiger partial charge in [0.2, 0.25) is 11.8 Å². The molecule has 10 heteroatoms. The molecule has 1 aliphatic rings. The largest absolute Gasteiger partial charge is 0.476 e. The molecule has 0 spiro atoms. The molecule has 1 aromatic heterocycles. The van der Waals surface area contributed by atoms with E-state index >= 15 is 0 Å². The molecule has 0 radical (unpaired) electrons. The van der Waals surface area contributed by atoms with Crippen LogP contribution >= 0.6 is 0 Å². The Morgan fingerprint density at radius 3 is 2.81 bits per heavy atom. The van der Waals surface area contributed by atoms with E-state index in [2.05, 4.69) is 20.6 Å². The lowest BCUT2D eigenvalue weighted by Gasteiger charge is -2.18. The third-order valence-electron chi connectivity index (χ3n) is 4.12. The average molecular weight is 387 g/mol. The zero-order valence-corrected chi connectivity index (χ0v) is 15.3. The van der Waals surface area contributed by atoms with Gasteiger partial charge in [0.1, 0.15) is 6.61 Å². The Morgan fingerprint density at radius 2 is 2.22 bits per heavy atom. The van der Waals surface area contributed by atoms with Gasteiger partial charge in [-0.15, -0.1) is 0 Å².